The van der Waals surface area contributed by atoms with Gasteiger partial charge in [0.25, 0.3) is 0 Å². The van der Waals surface area contributed by atoms with Gasteiger partial charge in [-0.3, -0.25) is 0 Å². The summed E-state index contributed by atoms with van der Waals surface area (Å²) in [6.07, 6.45) is 0.714. The van der Waals surface area contributed by atoms with E-state index in [1.807, 2.05) is 48.5 Å². The minimum atomic E-state index is -0.871. The van der Waals surface area contributed by atoms with Crippen molar-refractivity contribution in [3.05, 3.63) is 69.7 Å². The van der Waals surface area contributed by atoms with Gasteiger partial charge in [-0.25, -0.2) is 0 Å². The highest BCUT2D eigenvalue weighted by Gasteiger charge is 2.74. The second kappa shape index (κ2) is 6.45. The van der Waals surface area contributed by atoms with Crippen LogP contribution in [0.25, 0.3) is 0 Å². The molecule has 2 aromatic rings. The quantitative estimate of drug-likeness (QED) is 0.552. The fourth-order valence-corrected chi connectivity index (χ4v) is 5.80. The van der Waals surface area contributed by atoms with Crippen LogP contribution in [0.1, 0.15) is 45.2 Å². The molecule has 0 aromatic heterocycles. The van der Waals surface area contributed by atoms with Crippen molar-refractivity contribution in [1.82, 2.24) is 0 Å². The van der Waals surface area contributed by atoms with E-state index in [0.29, 0.717) is 21.9 Å². The van der Waals surface area contributed by atoms with Crippen LogP contribution in [0.15, 0.2) is 48.5 Å². The van der Waals surface area contributed by atoms with Gasteiger partial charge in [-0.2, -0.15) is 0 Å². The summed E-state index contributed by atoms with van der Waals surface area (Å²) >= 11 is 12.3. The van der Waals surface area contributed by atoms with Gasteiger partial charge >= 0.3 is 0 Å². The Bertz CT molecular complexity index is 924. The SMILES string of the molecule is CC(C)[C@@H]1C[C@@]2(c3ccc(Cl)cc3)O[C@H]3[C@H]1[C@](c1ccc(Cl)cc1)(OC3(C)C)O2. The van der Waals surface area contributed by atoms with E-state index in [1.165, 1.54) is 0 Å². The standard InChI is InChI=1S/C24H26Cl2O3/c1-14(2)19-13-23(15-5-9-17(25)10-6-15)27-21-20(19)24(29-23,28-22(21,3)4)16-7-11-18(26)12-8-16/h5-12,14,19-21H,13H2,1-4H3/t19-,20-,21-,23+,24+/m0/s1. The Morgan fingerprint density at radius 1 is 0.862 bits per heavy atom. The third-order valence-corrected chi connectivity index (χ3v) is 7.36. The van der Waals surface area contributed by atoms with Gasteiger partial charge in [0.2, 0.25) is 5.79 Å². The van der Waals surface area contributed by atoms with E-state index in [4.69, 9.17) is 37.4 Å². The lowest BCUT2D eigenvalue weighted by atomic mass is 9.65. The van der Waals surface area contributed by atoms with Crippen molar-refractivity contribution >= 4 is 23.2 Å². The van der Waals surface area contributed by atoms with Gasteiger partial charge in [0.05, 0.1) is 17.6 Å². The largest absolute Gasteiger partial charge is 0.339 e. The van der Waals surface area contributed by atoms with Crippen molar-refractivity contribution in [1.29, 1.82) is 0 Å². The first-order chi connectivity index (χ1) is 13.7. The Morgan fingerprint density at radius 2 is 1.41 bits per heavy atom. The molecule has 154 valence electrons. The summed E-state index contributed by atoms with van der Waals surface area (Å²) in [5, 5.41) is 1.39. The zero-order valence-electron chi connectivity index (χ0n) is 17.1. The molecular formula is C24H26Cl2O3. The normalized spacial score (nSPS) is 37.3. The monoisotopic (exact) mass is 432 g/mol. The van der Waals surface area contributed by atoms with Crippen LogP contribution >= 0.6 is 23.2 Å². The predicted molar refractivity (Wildman–Crippen MR) is 114 cm³/mol. The number of hydrogen-bond donors (Lipinski definition) is 0. The Kier molecular flexibility index (Phi) is 4.41. The summed E-state index contributed by atoms with van der Waals surface area (Å²) in [6.45, 7) is 8.77. The number of ether oxygens (including phenoxy) is 3. The van der Waals surface area contributed by atoms with Crippen LogP contribution in [0.5, 0.6) is 0 Å². The second-order valence-corrected chi connectivity index (χ2v) is 10.3. The lowest BCUT2D eigenvalue weighted by Gasteiger charge is -2.58. The summed E-state index contributed by atoms with van der Waals surface area (Å²) in [5.41, 5.74) is 1.50. The molecule has 0 N–H and O–H groups in total. The van der Waals surface area contributed by atoms with E-state index in [0.717, 1.165) is 17.5 Å². The summed E-state index contributed by atoms with van der Waals surface area (Å²) < 4.78 is 20.4. The minimum Gasteiger partial charge on any atom is -0.339 e. The summed E-state index contributed by atoms with van der Waals surface area (Å²) in [7, 11) is 0. The number of hydrogen-bond acceptors (Lipinski definition) is 3. The fraction of sp³-hybridized carbons (Fsp3) is 0.500. The van der Waals surface area contributed by atoms with Crippen LogP contribution in [-0.2, 0) is 25.8 Å². The molecule has 5 heteroatoms. The van der Waals surface area contributed by atoms with Crippen molar-refractivity contribution in [2.24, 2.45) is 17.8 Å². The molecule has 4 bridgehead atoms. The topological polar surface area (TPSA) is 27.7 Å². The first-order valence-electron chi connectivity index (χ1n) is 10.3. The molecule has 29 heavy (non-hydrogen) atoms. The highest BCUT2D eigenvalue weighted by Crippen LogP contribution is 2.68. The van der Waals surface area contributed by atoms with Crippen molar-refractivity contribution in [3.63, 3.8) is 0 Å². The highest BCUT2D eigenvalue weighted by molar-refractivity contribution is 6.30. The van der Waals surface area contributed by atoms with Gasteiger partial charge in [-0.1, -0.05) is 61.3 Å². The molecule has 6 rings (SSSR count). The zero-order chi connectivity index (χ0) is 20.6. The molecule has 4 heterocycles. The molecule has 3 nitrogen and oxygen atoms in total. The van der Waals surface area contributed by atoms with Crippen molar-refractivity contribution < 1.29 is 14.2 Å². The first kappa shape index (κ1) is 19.8. The summed E-state index contributed by atoms with van der Waals surface area (Å²) in [4.78, 5) is 0. The molecule has 0 saturated carbocycles. The van der Waals surface area contributed by atoms with Crippen molar-refractivity contribution in [3.8, 4) is 0 Å². The zero-order valence-corrected chi connectivity index (χ0v) is 18.6. The molecule has 4 aliphatic heterocycles. The third-order valence-electron chi connectivity index (χ3n) is 6.85. The maximum atomic E-state index is 6.89. The van der Waals surface area contributed by atoms with Crippen LogP contribution in [0.2, 0.25) is 10.0 Å². The van der Waals surface area contributed by atoms with Gasteiger partial charge < -0.3 is 14.2 Å². The maximum absolute atomic E-state index is 6.89. The Morgan fingerprint density at radius 3 is 1.97 bits per heavy atom. The minimum absolute atomic E-state index is 0.0799. The molecule has 2 aromatic carbocycles. The average Bonchev–Trinajstić information content (AvgIpc) is 2.85. The number of halogens is 2. The van der Waals surface area contributed by atoms with E-state index in [2.05, 4.69) is 27.7 Å². The number of rotatable bonds is 3. The Hall–Kier alpha value is -1.10. The van der Waals surface area contributed by atoms with Gasteiger partial charge in [0.1, 0.15) is 0 Å². The lowest BCUT2D eigenvalue weighted by molar-refractivity contribution is -0.447. The fourth-order valence-electron chi connectivity index (χ4n) is 5.55. The first-order valence-corrected chi connectivity index (χ1v) is 11.0. The third kappa shape index (κ3) is 2.82. The van der Waals surface area contributed by atoms with Gasteiger partial charge in [-0.15, -0.1) is 0 Å². The number of fused-ring (bicyclic) bond motifs is 1. The van der Waals surface area contributed by atoms with E-state index >= 15 is 0 Å². The molecule has 5 atom stereocenters. The maximum Gasteiger partial charge on any atom is 0.204 e. The van der Waals surface area contributed by atoms with Crippen LogP contribution in [0, 0.1) is 17.8 Å². The molecule has 4 aliphatic rings. The van der Waals surface area contributed by atoms with Crippen LogP contribution < -0.4 is 0 Å². The Balaban J connectivity index is 1.72. The van der Waals surface area contributed by atoms with E-state index in [1.54, 1.807) is 0 Å². The van der Waals surface area contributed by atoms with Gasteiger partial charge in [-0.05, 0) is 49.9 Å². The van der Waals surface area contributed by atoms with Crippen LogP contribution in [-0.4, -0.2) is 11.7 Å². The van der Waals surface area contributed by atoms with Crippen molar-refractivity contribution in [2.75, 3.05) is 0 Å². The van der Waals surface area contributed by atoms with E-state index < -0.39 is 17.2 Å². The number of benzene rings is 2. The Labute approximate surface area is 182 Å². The molecule has 0 aliphatic carbocycles. The predicted octanol–water partition coefficient (Wildman–Crippen LogP) is 6.52. The molecule has 0 amide bonds. The molecular weight excluding hydrogens is 407 g/mol. The summed E-state index contributed by atoms with van der Waals surface area (Å²) in [6, 6.07) is 15.7. The molecule has 0 spiro atoms. The van der Waals surface area contributed by atoms with Gasteiger partial charge in [0, 0.05) is 27.6 Å². The summed E-state index contributed by atoms with van der Waals surface area (Å²) in [5.74, 6) is -0.787. The molecule has 4 fully saturated rings. The van der Waals surface area contributed by atoms with Crippen LogP contribution in [0.4, 0.5) is 0 Å². The van der Waals surface area contributed by atoms with E-state index in [-0.39, 0.29) is 12.0 Å². The van der Waals surface area contributed by atoms with Crippen molar-refractivity contribution in [2.45, 2.75) is 57.4 Å². The van der Waals surface area contributed by atoms with Gasteiger partial charge in [0.15, 0.2) is 5.79 Å². The molecule has 0 radical (unpaired) electrons. The molecule has 4 saturated heterocycles. The van der Waals surface area contributed by atoms with Crippen LogP contribution in [0.3, 0.4) is 0 Å². The molecule has 0 unspecified atom stereocenters. The second-order valence-electron chi connectivity index (χ2n) is 9.42. The lowest BCUT2D eigenvalue weighted by Crippen LogP contribution is -2.63. The highest BCUT2D eigenvalue weighted by atomic mass is 35.5. The smallest absolute Gasteiger partial charge is 0.204 e. The van der Waals surface area contributed by atoms with E-state index in [9.17, 15) is 0 Å². The average molecular weight is 433 g/mol.